The van der Waals surface area contributed by atoms with Crippen molar-refractivity contribution in [3.8, 4) is 0 Å². The molecule has 7 nitrogen and oxygen atoms in total. The second-order valence-corrected chi connectivity index (χ2v) is 6.21. The van der Waals surface area contributed by atoms with E-state index in [0.717, 1.165) is 5.56 Å². The quantitative estimate of drug-likeness (QED) is 0.582. The number of carbonyl (C=O) groups excluding carboxylic acids is 1. The van der Waals surface area contributed by atoms with Crippen molar-refractivity contribution in [2.45, 2.75) is 6.54 Å². The fourth-order valence-electron chi connectivity index (χ4n) is 2.52. The van der Waals surface area contributed by atoms with Crippen molar-refractivity contribution in [1.82, 2.24) is 19.5 Å². The van der Waals surface area contributed by atoms with Crippen LogP contribution in [0.3, 0.4) is 0 Å². The number of hydrogen-bond acceptors (Lipinski definition) is 4. The van der Waals surface area contributed by atoms with Crippen molar-refractivity contribution in [3.05, 3.63) is 76.1 Å². The van der Waals surface area contributed by atoms with E-state index in [-0.39, 0.29) is 11.2 Å². The summed E-state index contributed by atoms with van der Waals surface area (Å²) in [4.78, 5) is 27.6. The molecule has 3 heterocycles. The Morgan fingerprint density at radius 2 is 2.00 bits per heavy atom. The van der Waals surface area contributed by atoms with Gasteiger partial charge in [-0.3, -0.25) is 4.79 Å². The molecule has 130 valence electrons. The normalized spacial score (nSPS) is 12.0. The summed E-state index contributed by atoms with van der Waals surface area (Å²) in [5, 5.41) is 1.10. The van der Waals surface area contributed by atoms with Gasteiger partial charge in [0.15, 0.2) is 16.9 Å². The van der Waals surface area contributed by atoms with E-state index in [0.29, 0.717) is 27.8 Å². The third-order valence-electron chi connectivity index (χ3n) is 3.76. The molecule has 9 heteroatoms. The molecule has 0 saturated heterocycles. The number of hydrogen-bond donors (Lipinski definition) is 1. The minimum Gasteiger partial charge on any atom is -0.459 e. The maximum absolute atomic E-state index is 12.1. The molecule has 26 heavy (non-hydrogen) atoms. The Bertz CT molecular complexity index is 1140. The number of aromatic nitrogens is 4. The monoisotopic (exact) mass is 387 g/mol. The van der Waals surface area contributed by atoms with Crippen LogP contribution >= 0.6 is 23.2 Å². The number of imidazole rings is 1. The number of rotatable bonds is 3. The van der Waals surface area contributed by atoms with Crippen LogP contribution in [0.1, 0.15) is 16.1 Å². The summed E-state index contributed by atoms with van der Waals surface area (Å²) in [5.41, 5.74) is 2.07. The van der Waals surface area contributed by atoms with Crippen LogP contribution in [0.25, 0.3) is 11.2 Å². The molecule has 0 aliphatic carbocycles. The summed E-state index contributed by atoms with van der Waals surface area (Å²) < 4.78 is 6.83. The summed E-state index contributed by atoms with van der Waals surface area (Å²) in [6.07, 6.45) is 4.46. The number of fused-ring (bicyclic) bond motifs is 1. The molecule has 0 radical (unpaired) electrons. The van der Waals surface area contributed by atoms with Crippen LogP contribution in [-0.4, -0.2) is 25.4 Å². The third-order valence-corrected chi connectivity index (χ3v) is 4.47. The van der Waals surface area contributed by atoms with E-state index >= 15 is 0 Å². The first-order valence-electron chi connectivity index (χ1n) is 7.57. The largest absolute Gasteiger partial charge is 0.459 e. The van der Waals surface area contributed by atoms with Gasteiger partial charge in [-0.2, -0.15) is 4.99 Å². The highest BCUT2D eigenvalue weighted by Crippen LogP contribution is 2.25. The molecule has 1 N–H and O–H groups in total. The molecule has 1 aromatic carbocycles. The number of amides is 1. The maximum atomic E-state index is 12.1. The number of nitrogens with zero attached hydrogens (tertiary/aromatic N) is 4. The predicted molar refractivity (Wildman–Crippen MR) is 96.0 cm³/mol. The van der Waals surface area contributed by atoms with E-state index < -0.39 is 5.91 Å². The fraction of sp³-hybridized carbons (Fsp3) is 0.0588. The van der Waals surface area contributed by atoms with Gasteiger partial charge < -0.3 is 14.0 Å². The molecule has 3 aromatic heterocycles. The maximum Gasteiger partial charge on any atom is 0.314 e. The predicted octanol–water partition coefficient (Wildman–Crippen LogP) is 3.45. The lowest BCUT2D eigenvalue weighted by molar-refractivity contribution is 0.0971. The Hall–Kier alpha value is -2.90. The molecule has 0 aliphatic rings. The lowest BCUT2D eigenvalue weighted by Gasteiger charge is -2.10. The van der Waals surface area contributed by atoms with Gasteiger partial charge in [0.2, 0.25) is 0 Å². The number of halogens is 2. The van der Waals surface area contributed by atoms with E-state index in [1.807, 2.05) is 0 Å². The molecule has 0 aliphatic heterocycles. The highest BCUT2D eigenvalue weighted by Gasteiger charge is 2.12. The topological polar surface area (TPSA) is 89.1 Å². The minimum atomic E-state index is -0.523. The Kier molecular flexibility index (Phi) is 4.32. The second kappa shape index (κ2) is 6.78. The van der Waals surface area contributed by atoms with Crippen LogP contribution in [0.2, 0.25) is 10.0 Å². The zero-order chi connectivity index (χ0) is 18.1. The summed E-state index contributed by atoms with van der Waals surface area (Å²) in [6, 6.07) is 8.48. The number of furan rings is 1. The van der Waals surface area contributed by atoms with Crippen LogP contribution in [0, 0.1) is 0 Å². The van der Waals surface area contributed by atoms with Gasteiger partial charge in [-0.05, 0) is 24.3 Å². The zero-order valence-corrected chi connectivity index (χ0v) is 14.7. The fourth-order valence-corrected chi connectivity index (χ4v) is 3.04. The highest BCUT2D eigenvalue weighted by molar-refractivity contribution is 6.36. The van der Waals surface area contributed by atoms with Crippen LogP contribution in [0.4, 0.5) is 0 Å². The van der Waals surface area contributed by atoms with Crippen molar-refractivity contribution < 1.29 is 9.21 Å². The van der Waals surface area contributed by atoms with E-state index in [9.17, 15) is 4.79 Å². The molecule has 4 aromatic rings. The number of carbonyl (C=O) groups is 1. The number of H-pyrrole nitrogens is 1. The highest BCUT2D eigenvalue weighted by atomic mass is 35.5. The van der Waals surface area contributed by atoms with Gasteiger partial charge >= 0.3 is 5.91 Å². The molecule has 0 spiro atoms. The van der Waals surface area contributed by atoms with E-state index in [1.54, 1.807) is 34.9 Å². The second-order valence-electron chi connectivity index (χ2n) is 5.39. The van der Waals surface area contributed by atoms with E-state index in [1.165, 1.54) is 18.9 Å². The Labute approximate surface area is 156 Å². The first-order valence-corrected chi connectivity index (χ1v) is 8.33. The van der Waals surface area contributed by atoms with Crippen LogP contribution in [0.15, 0.2) is 58.7 Å². The van der Waals surface area contributed by atoms with Gasteiger partial charge in [0.05, 0.1) is 25.5 Å². The molecule has 0 bridgehead atoms. The standard InChI is InChI=1S/C17H11Cl2N5O2/c18-11-3-1-4-12(19)10(11)7-24-9-22-15(14-16(24)21-8-20-14)23-17(25)13-5-2-6-26-13/h1-6,8-9H,7H2,(H,20,21). The smallest absolute Gasteiger partial charge is 0.314 e. The lowest BCUT2D eigenvalue weighted by Crippen LogP contribution is -2.17. The summed E-state index contributed by atoms with van der Waals surface area (Å²) in [7, 11) is 0. The summed E-state index contributed by atoms with van der Waals surface area (Å²) >= 11 is 12.5. The van der Waals surface area contributed by atoms with Gasteiger partial charge in [0.25, 0.3) is 0 Å². The van der Waals surface area contributed by atoms with E-state index in [4.69, 9.17) is 27.6 Å². The van der Waals surface area contributed by atoms with Crippen LogP contribution in [0.5, 0.6) is 0 Å². The zero-order valence-electron chi connectivity index (χ0n) is 13.2. The van der Waals surface area contributed by atoms with Crippen molar-refractivity contribution >= 4 is 40.3 Å². The Balaban J connectivity index is 1.78. The number of benzene rings is 1. The third kappa shape index (κ3) is 3.02. The van der Waals surface area contributed by atoms with Crippen molar-refractivity contribution in [2.75, 3.05) is 0 Å². The SMILES string of the molecule is O=C(N=c1ncn(Cc2c(Cl)cccc2Cl)c2nc[nH]c12)c1ccco1. The molecule has 4 rings (SSSR count). The first-order chi connectivity index (χ1) is 12.6. The molecular formula is C17H11Cl2N5O2. The Morgan fingerprint density at radius 1 is 1.19 bits per heavy atom. The van der Waals surface area contributed by atoms with Gasteiger partial charge in [0.1, 0.15) is 5.52 Å². The number of nitrogens with one attached hydrogen (secondary N) is 1. The Morgan fingerprint density at radius 3 is 2.73 bits per heavy atom. The first kappa shape index (κ1) is 16.6. The molecule has 0 atom stereocenters. The average Bonchev–Trinajstić information content (AvgIpc) is 3.31. The summed E-state index contributed by atoms with van der Waals surface area (Å²) in [5.74, 6) is -0.385. The van der Waals surface area contributed by atoms with Gasteiger partial charge in [0, 0.05) is 15.6 Å². The average molecular weight is 388 g/mol. The summed E-state index contributed by atoms with van der Waals surface area (Å²) in [6.45, 7) is 0.374. The molecule has 0 saturated carbocycles. The number of aromatic amines is 1. The van der Waals surface area contributed by atoms with Crippen molar-refractivity contribution in [2.24, 2.45) is 4.99 Å². The van der Waals surface area contributed by atoms with Gasteiger partial charge in [-0.25, -0.2) is 9.97 Å². The van der Waals surface area contributed by atoms with Crippen molar-refractivity contribution in [3.63, 3.8) is 0 Å². The minimum absolute atomic E-state index is 0.138. The van der Waals surface area contributed by atoms with Crippen molar-refractivity contribution in [1.29, 1.82) is 0 Å². The van der Waals surface area contributed by atoms with Crippen LogP contribution < -0.4 is 5.49 Å². The van der Waals surface area contributed by atoms with Crippen LogP contribution in [-0.2, 0) is 6.54 Å². The molecular weight excluding hydrogens is 377 g/mol. The lowest BCUT2D eigenvalue weighted by atomic mass is 10.2. The molecule has 0 fully saturated rings. The molecule has 1 amide bonds. The van der Waals surface area contributed by atoms with E-state index in [2.05, 4.69) is 19.9 Å². The van der Waals surface area contributed by atoms with Gasteiger partial charge in [-0.1, -0.05) is 29.3 Å². The van der Waals surface area contributed by atoms with Gasteiger partial charge in [-0.15, -0.1) is 0 Å². The molecule has 0 unspecified atom stereocenters.